The first-order valence-electron chi connectivity index (χ1n) is 10.9. The van der Waals surface area contributed by atoms with Crippen LogP contribution in [0.4, 0.5) is 11.6 Å². The SMILES string of the molecule is CC(OC(=O)CN1c2cccc3cccc(c23)S1(=O)=O)C(=O)N1CCN(c2ncccn2)CC1. The van der Waals surface area contributed by atoms with E-state index in [-0.39, 0.29) is 10.8 Å². The van der Waals surface area contributed by atoms with Crippen LogP contribution in [-0.4, -0.2) is 74.0 Å². The largest absolute Gasteiger partial charge is 0.451 e. The minimum Gasteiger partial charge on any atom is -0.451 e. The second kappa shape index (κ2) is 8.56. The zero-order valence-electron chi connectivity index (χ0n) is 18.5. The van der Waals surface area contributed by atoms with Gasteiger partial charge >= 0.3 is 5.97 Å². The molecular weight excluding hydrogens is 458 g/mol. The average molecular weight is 482 g/mol. The van der Waals surface area contributed by atoms with Gasteiger partial charge < -0.3 is 14.5 Å². The number of sulfonamides is 1. The molecule has 2 aliphatic heterocycles. The quantitative estimate of drug-likeness (QED) is 0.503. The van der Waals surface area contributed by atoms with Crippen molar-refractivity contribution in [2.75, 3.05) is 41.9 Å². The van der Waals surface area contributed by atoms with Crippen molar-refractivity contribution in [2.24, 2.45) is 0 Å². The molecule has 2 aromatic carbocycles. The Morgan fingerprint density at radius 3 is 2.38 bits per heavy atom. The molecule has 3 aromatic rings. The van der Waals surface area contributed by atoms with Gasteiger partial charge in [-0.25, -0.2) is 18.4 Å². The molecule has 34 heavy (non-hydrogen) atoms. The molecule has 0 spiro atoms. The van der Waals surface area contributed by atoms with E-state index in [1.54, 1.807) is 41.6 Å². The van der Waals surface area contributed by atoms with E-state index in [0.29, 0.717) is 43.2 Å². The molecule has 0 aliphatic carbocycles. The Balaban J connectivity index is 1.22. The highest BCUT2D eigenvalue weighted by atomic mass is 32.2. The Hall–Kier alpha value is -3.73. The number of anilines is 2. The van der Waals surface area contributed by atoms with E-state index in [1.807, 2.05) is 17.0 Å². The van der Waals surface area contributed by atoms with Gasteiger partial charge in [0.05, 0.1) is 10.6 Å². The highest BCUT2D eigenvalue weighted by molar-refractivity contribution is 7.93. The number of piperazine rings is 1. The van der Waals surface area contributed by atoms with Crippen LogP contribution in [0.2, 0.25) is 0 Å². The highest BCUT2D eigenvalue weighted by Gasteiger charge is 2.37. The van der Waals surface area contributed by atoms with Gasteiger partial charge in [-0.1, -0.05) is 24.3 Å². The van der Waals surface area contributed by atoms with E-state index in [4.69, 9.17) is 4.74 Å². The van der Waals surface area contributed by atoms with E-state index in [2.05, 4.69) is 9.97 Å². The van der Waals surface area contributed by atoms with Gasteiger partial charge in [0, 0.05) is 44.0 Å². The van der Waals surface area contributed by atoms with E-state index in [0.717, 1.165) is 9.69 Å². The molecule has 1 fully saturated rings. The van der Waals surface area contributed by atoms with Gasteiger partial charge in [0.2, 0.25) is 5.95 Å². The van der Waals surface area contributed by atoms with Gasteiger partial charge in [-0.05, 0) is 30.5 Å². The molecule has 5 rings (SSSR count). The molecule has 0 N–H and O–H groups in total. The molecule has 11 heteroatoms. The Labute approximate surface area is 196 Å². The summed E-state index contributed by atoms with van der Waals surface area (Å²) in [5.74, 6) is -0.501. The fourth-order valence-electron chi connectivity index (χ4n) is 4.37. The first-order chi connectivity index (χ1) is 16.4. The summed E-state index contributed by atoms with van der Waals surface area (Å²) in [6.07, 6.45) is 2.30. The van der Waals surface area contributed by atoms with Crippen molar-refractivity contribution in [1.82, 2.24) is 14.9 Å². The monoisotopic (exact) mass is 481 g/mol. The van der Waals surface area contributed by atoms with E-state index in [1.165, 1.54) is 13.0 Å². The van der Waals surface area contributed by atoms with Crippen LogP contribution in [0, 0.1) is 0 Å². The third kappa shape index (κ3) is 3.81. The molecule has 1 saturated heterocycles. The van der Waals surface area contributed by atoms with Crippen molar-refractivity contribution >= 4 is 44.3 Å². The first kappa shape index (κ1) is 22.1. The summed E-state index contributed by atoms with van der Waals surface area (Å²) in [4.78, 5) is 37.7. The van der Waals surface area contributed by atoms with Crippen LogP contribution in [0.3, 0.4) is 0 Å². The van der Waals surface area contributed by atoms with E-state index < -0.39 is 28.6 Å². The van der Waals surface area contributed by atoms with Crippen LogP contribution in [0.15, 0.2) is 59.8 Å². The number of benzene rings is 2. The number of carbonyl (C=O) groups excluding carboxylic acids is 2. The highest BCUT2D eigenvalue weighted by Crippen LogP contribution is 2.41. The first-order valence-corrected chi connectivity index (χ1v) is 12.3. The van der Waals surface area contributed by atoms with Crippen LogP contribution in [0.5, 0.6) is 0 Å². The molecule has 0 bridgehead atoms. The number of rotatable bonds is 5. The zero-order chi connectivity index (χ0) is 23.9. The third-order valence-electron chi connectivity index (χ3n) is 6.04. The number of amides is 1. The molecule has 1 unspecified atom stereocenters. The van der Waals surface area contributed by atoms with Gasteiger partial charge in [0.1, 0.15) is 6.54 Å². The summed E-state index contributed by atoms with van der Waals surface area (Å²) in [5, 5.41) is 1.36. The lowest BCUT2D eigenvalue weighted by atomic mass is 10.1. The lowest BCUT2D eigenvalue weighted by Gasteiger charge is -2.35. The number of hydrogen-bond donors (Lipinski definition) is 0. The zero-order valence-corrected chi connectivity index (χ0v) is 19.3. The predicted molar refractivity (Wildman–Crippen MR) is 125 cm³/mol. The topological polar surface area (TPSA) is 113 Å². The van der Waals surface area contributed by atoms with E-state index in [9.17, 15) is 18.0 Å². The molecule has 2 aliphatic rings. The minimum absolute atomic E-state index is 0.165. The maximum absolute atomic E-state index is 13.0. The third-order valence-corrected chi connectivity index (χ3v) is 7.84. The van der Waals surface area contributed by atoms with Crippen LogP contribution in [-0.2, 0) is 24.3 Å². The van der Waals surface area contributed by atoms with Gasteiger partial charge in [-0.3, -0.25) is 13.9 Å². The molecule has 1 aromatic heterocycles. The number of esters is 1. The lowest BCUT2D eigenvalue weighted by Crippen LogP contribution is -2.52. The van der Waals surface area contributed by atoms with Crippen LogP contribution in [0.25, 0.3) is 10.8 Å². The van der Waals surface area contributed by atoms with Crippen LogP contribution >= 0.6 is 0 Å². The Bertz CT molecular complexity index is 1350. The molecular formula is C23H23N5O5S. The van der Waals surface area contributed by atoms with Crippen LogP contribution < -0.4 is 9.21 Å². The molecule has 10 nitrogen and oxygen atoms in total. The van der Waals surface area contributed by atoms with Crippen molar-refractivity contribution in [1.29, 1.82) is 0 Å². The normalized spacial score (nSPS) is 17.6. The molecule has 0 saturated carbocycles. The molecule has 1 atom stereocenters. The van der Waals surface area contributed by atoms with Gasteiger partial charge in [-0.15, -0.1) is 0 Å². The molecule has 1 amide bonds. The Kier molecular flexibility index (Phi) is 5.56. The number of nitrogens with zero attached hydrogens (tertiary/aromatic N) is 5. The minimum atomic E-state index is -3.88. The van der Waals surface area contributed by atoms with Crippen LogP contribution in [0.1, 0.15) is 6.92 Å². The summed E-state index contributed by atoms with van der Waals surface area (Å²) in [5.41, 5.74) is 0.434. The fraction of sp³-hybridized carbons (Fsp3) is 0.304. The standard InChI is InChI=1S/C23H23N5O5S/c1-16(22(30)26-11-13-27(14-12-26)23-24-9-4-10-25-23)33-20(29)15-28-18-7-2-5-17-6-3-8-19(21(17)18)34(28,31)32/h2-10,16H,11-15H2,1H3. The Morgan fingerprint density at radius 2 is 1.68 bits per heavy atom. The second-order valence-corrected chi connectivity index (χ2v) is 9.97. The average Bonchev–Trinajstić information content (AvgIpc) is 3.07. The maximum atomic E-state index is 13.0. The van der Waals surface area contributed by atoms with Crippen molar-refractivity contribution in [2.45, 2.75) is 17.9 Å². The van der Waals surface area contributed by atoms with Crippen molar-refractivity contribution in [3.8, 4) is 0 Å². The smallest absolute Gasteiger partial charge is 0.327 e. The summed E-state index contributed by atoms with van der Waals surface area (Å²) < 4.78 is 32.5. The van der Waals surface area contributed by atoms with Crippen molar-refractivity contribution in [3.05, 3.63) is 54.9 Å². The van der Waals surface area contributed by atoms with Gasteiger partial charge in [0.25, 0.3) is 15.9 Å². The summed E-state index contributed by atoms with van der Waals surface area (Å²) in [7, 11) is -3.88. The lowest BCUT2D eigenvalue weighted by molar-refractivity contribution is -0.158. The number of hydrogen-bond acceptors (Lipinski definition) is 8. The summed E-state index contributed by atoms with van der Waals surface area (Å²) in [6, 6.07) is 12.0. The Morgan fingerprint density at radius 1 is 1.00 bits per heavy atom. The molecule has 176 valence electrons. The number of carbonyl (C=O) groups is 2. The maximum Gasteiger partial charge on any atom is 0.327 e. The second-order valence-electron chi connectivity index (χ2n) is 8.14. The van der Waals surface area contributed by atoms with Gasteiger partial charge in [-0.2, -0.15) is 0 Å². The summed E-state index contributed by atoms with van der Waals surface area (Å²) >= 11 is 0. The molecule has 3 heterocycles. The van der Waals surface area contributed by atoms with Crippen molar-refractivity contribution in [3.63, 3.8) is 0 Å². The summed E-state index contributed by atoms with van der Waals surface area (Å²) in [6.45, 7) is 3.00. The molecule has 0 radical (unpaired) electrons. The number of ether oxygens (including phenoxy) is 1. The van der Waals surface area contributed by atoms with Crippen molar-refractivity contribution < 1.29 is 22.7 Å². The van der Waals surface area contributed by atoms with Gasteiger partial charge in [0.15, 0.2) is 6.10 Å². The van der Waals surface area contributed by atoms with E-state index >= 15 is 0 Å². The predicted octanol–water partition coefficient (Wildman–Crippen LogP) is 1.42. The fourth-order valence-corrected chi connectivity index (χ4v) is 6.02. The number of aromatic nitrogens is 2.